The maximum atomic E-state index is 12.8. The highest BCUT2D eigenvalue weighted by molar-refractivity contribution is 9.10. The summed E-state index contributed by atoms with van der Waals surface area (Å²) in [6, 6.07) is 0.526. The highest BCUT2D eigenvalue weighted by Gasteiger charge is 2.22. The molecule has 8 heteroatoms. The fourth-order valence-corrected chi connectivity index (χ4v) is 1.10. The fraction of sp³-hybridized carbons (Fsp3) is 0.167. The summed E-state index contributed by atoms with van der Waals surface area (Å²) in [6.45, 7) is 0. The van der Waals surface area contributed by atoms with Gasteiger partial charge in [-0.05, 0) is 15.9 Å². The predicted octanol–water partition coefficient (Wildman–Crippen LogP) is 2.83. The van der Waals surface area contributed by atoms with E-state index in [4.69, 9.17) is 0 Å². The Morgan fingerprint density at radius 1 is 1.57 bits per heavy atom. The van der Waals surface area contributed by atoms with Gasteiger partial charge in [0.05, 0.1) is 4.92 Å². The van der Waals surface area contributed by atoms with Crippen LogP contribution in [0.1, 0.15) is 12.1 Å². The van der Waals surface area contributed by atoms with Gasteiger partial charge in [0, 0.05) is 6.07 Å². The molecular weight excluding hydrogens is 269 g/mol. The molecule has 76 valence electrons. The zero-order valence-electron chi connectivity index (χ0n) is 6.38. The van der Waals surface area contributed by atoms with Crippen LogP contribution in [0.4, 0.5) is 18.9 Å². The third-order valence-electron chi connectivity index (χ3n) is 1.34. The van der Waals surface area contributed by atoms with Crippen molar-refractivity contribution in [3.8, 4) is 0 Å². The van der Waals surface area contributed by atoms with E-state index in [1.54, 1.807) is 0 Å². The Morgan fingerprint density at radius 3 is 2.57 bits per heavy atom. The molecule has 14 heavy (non-hydrogen) atoms. The van der Waals surface area contributed by atoms with Crippen LogP contribution in [0.5, 0.6) is 0 Å². The van der Waals surface area contributed by atoms with Crippen molar-refractivity contribution >= 4 is 21.6 Å². The van der Waals surface area contributed by atoms with E-state index in [0.717, 1.165) is 0 Å². The van der Waals surface area contributed by atoms with E-state index in [-0.39, 0.29) is 0 Å². The predicted molar refractivity (Wildman–Crippen MR) is 43.5 cm³/mol. The summed E-state index contributed by atoms with van der Waals surface area (Å²) in [4.78, 5) is 12.2. The van der Waals surface area contributed by atoms with Gasteiger partial charge in [-0.25, -0.2) is 13.8 Å². The zero-order valence-corrected chi connectivity index (χ0v) is 7.96. The summed E-state index contributed by atoms with van der Waals surface area (Å²) >= 11 is 2.54. The van der Waals surface area contributed by atoms with Gasteiger partial charge < -0.3 is 0 Å². The monoisotopic (exact) mass is 270 g/mol. The lowest BCUT2D eigenvalue weighted by molar-refractivity contribution is -0.386. The smallest absolute Gasteiger partial charge is 0.258 e. The van der Waals surface area contributed by atoms with Crippen LogP contribution in [0.3, 0.4) is 0 Å². The maximum absolute atomic E-state index is 12.8. The molecule has 0 aliphatic heterocycles. The van der Waals surface area contributed by atoms with Crippen molar-refractivity contribution in [2.75, 3.05) is 0 Å². The molecule has 0 fully saturated rings. The van der Waals surface area contributed by atoms with E-state index >= 15 is 0 Å². The van der Waals surface area contributed by atoms with Gasteiger partial charge in [-0.1, -0.05) is 0 Å². The van der Waals surface area contributed by atoms with Crippen LogP contribution in [-0.2, 0) is 0 Å². The molecule has 1 heterocycles. The van der Waals surface area contributed by atoms with Crippen LogP contribution in [0.25, 0.3) is 0 Å². The molecule has 0 aliphatic rings. The number of alkyl halides is 2. The summed E-state index contributed by atoms with van der Waals surface area (Å²) in [6.07, 6.45) is -3.05. The normalized spacial score (nSPS) is 10.6. The minimum absolute atomic E-state index is 0.526. The molecule has 1 rings (SSSR count). The van der Waals surface area contributed by atoms with E-state index in [0.29, 0.717) is 6.07 Å². The molecule has 0 spiro atoms. The second-order valence-electron chi connectivity index (χ2n) is 2.23. The Hall–Kier alpha value is -1.18. The third kappa shape index (κ3) is 2.00. The molecular formula is C6H2BrF3N2O2. The van der Waals surface area contributed by atoms with Gasteiger partial charge in [0.1, 0.15) is 5.69 Å². The van der Waals surface area contributed by atoms with Crippen LogP contribution in [0, 0.1) is 16.1 Å². The molecule has 0 saturated carbocycles. The molecule has 4 nitrogen and oxygen atoms in total. The van der Waals surface area contributed by atoms with E-state index in [9.17, 15) is 23.3 Å². The summed E-state index contributed by atoms with van der Waals surface area (Å²) < 4.78 is 36.3. The van der Waals surface area contributed by atoms with Crippen LogP contribution in [0.15, 0.2) is 10.5 Å². The number of pyridine rings is 1. The average Bonchev–Trinajstić information content (AvgIpc) is 2.08. The first kappa shape index (κ1) is 10.9. The zero-order chi connectivity index (χ0) is 10.9. The van der Waals surface area contributed by atoms with Crippen molar-refractivity contribution in [2.24, 2.45) is 0 Å². The second kappa shape index (κ2) is 3.91. The van der Waals surface area contributed by atoms with Gasteiger partial charge in [0.2, 0.25) is 5.95 Å². The topological polar surface area (TPSA) is 56.0 Å². The van der Waals surface area contributed by atoms with Gasteiger partial charge in [-0.2, -0.15) is 4.39 Å². The first-order valence-electron chi connectivity index (χ1n) is 3.22. The number of nitro groups is 1. The lowest BCUT2D eigenvalue weighted by atomic mass is 10.3. The molecule has 0 unspecified atom stereocenters. The minimum Gasteiger partial charge on any atom is -0.258 e. The van der Waals surface area contributed by atoms with Crippen LogP contribution in [0.2, 0.25) is 0 Å². The van der Waals surface area contributed by atoms with Gasteiger partial charge in [-0.3, -0.25) is 10.1 Å². The molecule has 0 atom stereocenters. The van der Waals surface area contributed by atoms with Crippen molar-refractivity contribution in [1.82, 2.24) is 4.98 Å². The first-order chi connectivity index (χ1) is 6.43. The lowest BCUT2D eigenvalue weighted by Gasteiger charge is -2.01. The Bertz CT molecular complexity index is 386. The van der Waals surface area contributed by atoms with Crippen LogP contribution >= 0.6 is 15.9 Å². The van der Waals surface area contributed by atoms with Crippen LogP contribution < -0.4 is 0 Å². The molecule has 1 aromatic heterocycles. The first-order valence-corrected chi connectivity index (χ1v) is 4.01. The van der Waals surface area contributed by atoms with E-state index < -0.39 is 33.2 Å². The van der Waals surface area contributed by atoms with Gasteiger partial charge in [-0.15, -0.1) is 0 Å². The van der Waals surface area contributed by atoms with Gasteiger partial charge >= 0.3 is 0 Å². The maximum Gasteiger partial charge on any atom is 0.290 e. The van der Waals surface area contributed by atoms with Gasteiger partial charge in [0.15, 0.2) is 4.47 Å². The Balaban J connectivity index is 3.35. The van der Waals surface area contributed by atoms with E-state index in [2.05, 4.69) is 20.9 Å². The molecule has 0 N–H and O–H groups in total. The van der Waals surface area contributed by atoms with Crippen molar-refractivity contribution in [3.05, 3.63) is 32.3 Å². The van der Waals surface area contributed by atoms with Crippen LogP contribution in [-0.4, -0.2) is 9.91 Å². The second-order valence-corrected chi connectivity index (χ2v) is 3.02. The number of halogens is 4. The largest absolute Gasteiger partial charge is 0.290 e. The van der Waals surface area contributed by atoms with E-state index in [1.165, 1.54) is 0 Å². The van der Waals surface area contributed by atoms with Crippen molar-refractivity contribution in [2.45, 2.75) is 6.43 Å². The minimum atomic E-state index is -3.05. The number of hydrogen-bond donors (Lipinski definition) is 0. The van der Waals surface area contributed by atoms with Gasteiger partial charge in [0.25, 0.3) is 12.1 Å². The highest BCUT2D eigenvalue weighted by Crippen LogP contribution is 2.30. The summed E-state index contributed by atoms with van der Waals surface area (Å²) in [5.41, 5.74) is -1.73. The highest BCUT2D eigenvalue weighted by atomic mass is 79.9. The molecule has 0 radical (unpaired) electrons. The Kier molecular flexibility index (Phi) is 3.04. The lowest BCUT2D eigenvalue weighted by Crippen LogP contribution is -1.99. The quantitative estimate of drug-likeness (QED) is 0.472. The molecule has 0 saturated heterocycles. The summed E-state index contributed by atoms with van der Waals surface area (Å²) in [5.74, 6) is -1.32. The summed E-state index contributed by atoms with van der Waals surface area (Å²) in [5, 5.41) is 10.3. The molecule has 1 aromatic rings. The van der Waals surface area contributed by atoms with Crippen molar-refractivity contribution in [1.29, 1.82) is 0 Å². The Labute approximate surface area is 84.0 Å². The standard InChI is InChI=1S/C6H2BrF3N2O2/c7-4-3(12(13)14)1-2(5(8)9)11-6(4)10/h1,5H. The van der Waals surface area contributed by atoms with E-state index in [1.807, 2.05) is 0 Å². The molecule has 0 aliphatic carbocycles. The third-order valence-corrected chi connectivity index (χ3v) is 2.07. The number of hydrogen-bond acceptors (Lipinski definition) is 3. The molecule has 0 bridgehead atoms. The number of aromatic nitrogens is 1. The number of rotatable bonds is 2. The number of nitrogens with zero attached hydrogens (tertiary/aromatic N) is 2. The average molecular weight is 271 g/mol. The SMILES string of the molecule is O=[N+]([O-])c1cc(C(F)F)nc(F)c1Br. The fourth-order valence-electron chi connectivity index (χ4n) is 0.748. The summed E-state index contributed by atoms with van der Waals surface area (Å²) in [7, 11) is 0. The van der Waals surface area contributed by atoms with Crippen molar-refractivity contribution in [3.63, 3.8) is 0 Å². The molecule has 0 aromatic carbocycles. The Morgan fingerprint density at radius 2 is 2.14 bits per heavy atom. The molecule has 0 amide bonds. The van der Waals surface area contributed by atoms with Crippen molar-refractivity contribution < 1.29 is 18.1 Å².